The van der Waals surface area contributed by atoms with Gasteiger partial charge in [0.25, 0.3) is 5.76 Å². The summed E-state index contributed by atoms with van der Waals surface area (Å²) in [7, 11) is 1.59. The average Bonchev–Trinajstić information content (AvgIpc) is 3.17. The lowest BCUT2D eigenvalue weighted by molar-refractivity contribution is -0.113. The Balaban J connectivity index is 1.57. The zero-order chi connectivity index (χ0) is 19.9. The van der Waals surface area contributed by atoms with Gasteiger partial charge in [0.2, 0.25) is 11.1 Å². The summed E-state index contributed by atoms with van der Waals surface area (Å²) in [5.41, 5.74) is 1.19. The highest BCUT2D eigenvalue weighted by atomic mass is 32.2. The number of methoxy groups -OCH3 is 1. The monoisotopic (exact) mass is 422 g/mol. The van der Waals surface area contributed by atoms with Gasteiger partial charge in [-0.05, 0) is 36.4 Å². The molecular weight excluding hydrogens is 406 g/mol. The van der Waals surface area contributed by atoms with Gasteiger partial charge in [-0.2, -0.15) is 8.78 Å². The van der Waals surface area contributed by atoms with E-state index in [0.717, 1.165) is 23.1 Å². The number of alkyl halides is 2. The fraction of sp³-hybridized carbons (Fsp3) is 0.167. The van der Waals surface area contributed by atoms with Crippen LogP contribution in [0.15, 0.2) is 58.6 Å². The van der Waals surface area contributed by atoms with Crippen molar-refractivity contribution in [3.63, 3.8) is 0 Å². The van der Waals surface area contributed by atoms with Crippen molar-refractivity contribution in [3.05, 3.63) is 48.5 Å². The van der Waals surface area contributed by atoms with Crippen LogP contribution < -0.4 is 10.1 Å². The Kier molecular flexibility index (Phi) is 6.88. The maximum Gasteiger partial charge on any atom is 0.288 e. The first-order valence-corrected chi connectivity index (χ1v) is 9.95. The zero-order valence-electron chi connectivity index (χ0n) is 14.7. The van der Waals surface area contributed by atoms with Gasteiger partial charge in [-0.1, -0.05) is 35.7 Å². The van der Waals surface area contributed by atoms with E-state index in [1.807, 2.05) is 24.3 Å². The summed E-state index contributed by atoms with van der Waals surface area (Å²) in [6, 6.07) is 13.8. The van der Waals surface area contributed by atoms with Crippen LogP contribution in [-0.4, -0.2) is 39.7 Å². The average molecular weight is 422 g/mol. The third-order valence-electron chi connectivity index (χ3n) is 3.54. The molecule has 0 spiro atoms. The molecule has 0 fully saturated rings. The molecular formula is C18H16F2N4O2S2. The number of anilines is 1. The summed E-state index contributed by atoms with van der Waals surface area (Å²) >= 11 is 1.54. The maximum atomic E-state index is 12.6. The van der Waals surface area contributed by atoms with E-state index >= 15 is 0 Å². The number of amides is 1. The number of hydrogen-bond donors (Lipinski definition) is 2. The van der Waals surface area contributed by atoms with Crippen molar-refractivity contribution in [3.8, 4) is 17.1 Å². The second-order valence-electron chi connectivity index (χ2n) is 5.41. The minimum Gasteiger partial charge on any atom is -0.497 e. The van der Waals surface area contributed by atoms with Crippen LogP contribution in [0.4, 0.5) is 14.5 Å². The number of halogens is 2. The van der Waals surface area contributed by atoms with Crippen molar-refractivity contribution >= 4 is 35.1 Å². The zero-order valence-corrected chi connectivity index (χ0v) is 16.3. The van der Waals surface area contributed by atoms with Gasteiger partial charge in [0.1, 0.15) is 5.75 Å². The lowest BCUT2D eigenvalue weighted by Crippen LogP contribution is -2.14. The number of benzene rings is 2. The molecule has 0 aliphatic heterocycles. The number of carbonyl (C=O) groups is 1. The highest BCUT2D eigenvalue weighted by Gasteiger charge is 2.13. The number of nitrogens with zero attached hydrogens (tertiary/aromatic N) is 2. The van der Waals surface area contributed by atoms with Gasteiger partial charge in [-0.25, -0.2) is 4.98 Å². The molecule has 3 aromatic rings. The van der Waals surface area contributed by atoms with Gasteiger partial charge in [0.15, 0.2) is 5.82 Å². The predicted molar refractivity (Wildman–Crippen MR) is 106 cm³/mol. The quantitative estimate of drug-likeness (QED) is 0.520. The molecule has 0 bridgehead atoms. The topological polar surface area (TPSA) is 79.9 Å². The maximum absolute atomic E-state index is 12.6. The molecule has 0 saturated heterocycles. The smallest absolute Gasteiger partial charge is 0.288 e. The molecule has 2 aromatic carbocycles. The Labute approximate surface area is 168 Å². The van der Waals surface area contributed by atoms with E-state index in [0.29, 0.717) is 33.3 Å². The fourth-order valence-corrected chi connectivity index (χ4v) is 3.47. The van der Waals surface area contributed by atoms with E-state index in [-0.39, 0.29) is 11.7 Å². The molecule has 0 aliphatic carbocycles. The molecule has 0 saturated carbocycles. The molecule has 0 radical (unpaired) electrons. The molecule has 1 aromatic heterocycles. The van der Waals surface area contributed by atoms with E-state index < -0.39 is 5.76 Å². The van der Waals surface area contributed by atoms with Crippen LogP contribution in [0, 0.1) is 0 Å². The van der Waals surface area contributed by atoms with Crippen molar-refractivity contribution < 1.29 is 18.3 Å². The van der Waals surface area contributed by atoms with Crippen molar-refractivity contribution in [2.75, 3.05) is 18.2 Å². The first kappa shape index (κ1) is 20.2. The molecule has 0 atom stereocenters. The van der Waals surface area contributed by atoms with E-state index in [4.69, 9.17) is 4.74 Å². The Morgan fingerprint density at radius 2 is 1.96 bits per heavy atom. The normalized spacial score (nSPS) is 10.9. The van der Waals surface area contributed by atoms with Crippen LogP contribution >= 0.6 is 23.5 Å². The van der Waals surface area contributed by atoms with Crippen LogP contribution in [0.5, 0.6) is 5.75 Å². The lowest BCUT2D eigenvalue weighted by atomic mass is 10.2. The molecule has 146 valence electrons. The number of hydrogen-bond acceptors (Lipinski definition) is 6. The molecule has 0 unspecified atom stereocenters. The van der Waals surface area contributed by atoms with E-state index in [1.165, 1.54) is 6.07 Å². The molecule has 10 heteroatoms. The summed E-state index contributed by atoms with van der Waals surface area (Å²) in [6.07, 6.45) is 0. The fourth-order valence-electron chi connectivity index (χ4n) is 2.27. The van der Waals surface area contributed by atoms with Gasteiger partial charge in [0, 0.05) is 10.5 Å². The summed E-state index contributed by atoms with van der Waals surface area (Å²) in [5, 5.41) is 9.96. The first-order chi connectivity index (χ1) is 13.5. The standard InChI is InChI=1S/C18H16F2N4O2S2/c1-26-12-8-6-11(7-9-12)16-22-18(24-23-16)27-10-15(25)21-13-4-2-3-5-14(13)28-17(19)20/h2-9,17H,10H2,1H3,(H,21,25)(H,22,23,24). The number of carbonyl (C=O) groups excluding carboxylic acids is 1. The Morgan fingerprint density at radius 3 is 2.68 bits per heavy atom. The SMILES string of the molecule is COc1ccc(-c2nc(SCC(=O)Nc3ccccc3SC(F)F)n[nH]2)cc1. The van der Waals surface area contributed by atoms with Gasteiger partial charge in [-0.3, -0.25) is 9.89 Å². The number of ether oxygens (including phenoxy) is 1. The van der Waals surface area contributed by atoms with E-state index in [2.05, 4.69) is 20.5 Å². The van der Waals surface area contributed by atoms with Gasteiger partial charge in [-0.15, -0.1) is 5.10 Å². The van der Waals surface area contributed by atoms with Crippen LogP contribution in [0.25, 0.3) is 11.4 Å². The Hall–Kier alpha value is -2.59. The number of H-pyrrole nitrogens is 1. The van der Waals surface area contributed by atoms with Gasteiger partial charge in [0.05, 0.1) is 18.6 Å². The highest BCUT2D eigenvalue weighted by Crippen LogP contribution is 2.31. The predicted octanol–water partition coefficient (Wildman–Crippen LogP) is 4.53. The summed E-state index contributed by atoms with van der Waals surface area (Å²) in [5.74, 6) is -1.53. The second kappa shape index (κ2) is 9.56. The largest absolute Gasteiger partial charge is 0.497 e. The highest BCUT2D eigenvalue weighted by molar-refractivity contribution is 8.00. The summed E-state index contributed by atoms with van der Waals surface area (Å²) < 4.78 is 30.3. The van der Waals surface area contributed by atoms with Crippen molar-refractivity contribution in [1.29, 1.82) is 0 Å². The van der Waals surface area contributed by atoms with Crippen molar-refractivity contribution in [1.82, 2.24) is 15.2 Å². The van der Waals surface area contributed by atoms with Gasteiger partial charge < -0.3 is 10.1 Å². The number of para-hydroxylation sites is 1. The van der Waals surface area contributed by atoms with Crippen LogP contribution in [0.3, 0.4) is 0 Å². The molecule has 6 nitrogen and oxygen atoms in total. The summed E-state index contributed by atoms with van der Waals surface area (Å²) in [4.78, 5) is 16.8. The number of nitrogens with one attached hydrogen (secondary N) is 2. The van der Waals surface area contributed by atoms with Crippen molar-refractivity contribution in [2.45, 2.75) is 15.8 Å². The number of aromatic amines is 1. The van der Waals surface area contributed by atoms with Crippen LogP contribution in [-0.2, 0) is 4.79 Å². The van der Waals surface area contributed by atoms with Gasteiger partial charge >= 0.3 is 0 Å². The molecule has 0 aliphatic rings. The molecule has 28 heavy (non-hydrogen) atoms. The summed E-state index contributed by atoms with van der Waals surface area (Å²) in [6.45, 7) is 0. The number of aromatic nitrogens is 3. The van der Waals surface area contributed by atoms with E-state index in [1.54, 1.807) is 25.3 Å². The lowest BCUT2D eigenvalue weighted by Gasteiger charge is -2.09. The minimum atomic E-state index is -2.56. The molecule has 1 amide bonds. The Bertz CT molecular complexity index is 935. The van der Waals surface area contributed by atoms with Crippen LogP contribution in [0.2, 0.25) is 0 Å². The van der Waals surface area contributed by atoms with E-state index in [9.17, 15) is 13.6 Å². The number of thioether (sulfide) groups is 2. The minimum absolute atomic E-state index is 0.0492. The third-order valence-corrected chi connectivity index (χ3v) is 5.17. The molecule has 2 N–H and O–H groups in total. The number of rotatable bonds is 8. The van der Waals surface area contributed by atoms with Crippen LogP contribution in [0.1, 0.15) is 0 Å². The second-order valence-corrected chi connectivity index (χ2v) is 7.38. The molecule has 1 heterocycles. The Morgan fingerprint density at radius 1 is 1.21 bits per heavy atom. The first-order valence-electron chi connectivity index (χ1n) is 8.08. The third kappa shape index (κ3) is 5.46. The van der Waals surface area contributed by atoms with Crippen molar-refractivity contribution in [2.24, 2.45) is 0 Å². The molecule has 3 rings (SSSR count).